The van der Waals surface area contributed by atoms with E-state index in [9.17, 15) is 4.79 Å². The van der Waals surface area contributed by atoms with Crippen LogP contribution in [-0.2, 0) is 4.79 Å². The maximum absolute atomic E-state index is 10.5. The molecule has 2 saturated carbocycles. The first kappa shape index (κ1) is 11.6. The van der Waals surface area contributed by atoms with Gasteiger partial charge in [-0.2, -0.15) is 0 Å². The largest absolute Gasteiger partial charge is 0.298 e. The third-order valence-electron chi connectivity index (χ3n) is 4.88. The van der Waals surface area contributed by atoms with Crippen LogP contribution in [0.2, 0.25) is 0 Å². The predicted octanol–water partition coefficient (Wildman–Crippen LogP) is 3.90. The first-order valence-electron chi connectivity index (χ1n) is 6.39. The molecule has 0 radical (unpaired) electrons. The summed E-state index contributed by atoms with van der Waals surface area (Å²) in [5, 5.41) is 0. The third kappa shape index (κ3) is 1.77. The number of carbonyl (C=O) groups excluding carboxylic acids is 1. The predicted molar refractivity (Wildman–Crippen MR) is 67.1 cm³/mol. The molecule has 2 aliphatic rings. The molecule has 0 aromatic heterocycles. The smallest absolute Gasteiger partial charge is 0.145 e. The van der Waals surface area contributed by atoms with Gasteiger partial charge in [0.15, 0.2) is 0 Å². The van der Waals surface area contributed by atoms with Crippen LogP contribution >= 0.6 is 0 Å². The van der Waals surface area contributed by atoms with Crippen molar-refractivity contribution in [3.05, 3.63) is 23.8 Å². The Bertz CT molecular complexity index is 339. The molecule has 1 nitrogen and oxygen atoms in total. The van der Waals surface area contributed by atoms with Crippen molar-refractivity contribution in [2.75, 3.05) is 0 Å². The Kier molecular flexibility index (Phi) is 3.05. The highest BCUT2D eigenvalue weighted by molar-refractivity contribution is 5.71. The Morgan fingerprint density at radius 1 is 1.56 bits per heavy atom. The normalized spacial score (nSPS) is 38.1. The van der Waals surface area contributed by atoms with Gasteiger partial charge in [0, 0.05) is 0 Å². The van der Waals surface area contributed by atoms with E-state index in [4.69, 9.17) is 0 Å². The van der Waals surface area contributed by atoms with Crippen molar-refractivity contribution >= 4 is 6.29 Å². The van der Waals surface area contributed by atoms with E-state index in [0.29, 0.717) is 5.41 Å². The molecule has 0 unspecified atom stereocenters. The highest BCUT2D eigenvalue weighted by Gasteiger charge is 2.49. The Labute approximate surface area is 98.6 Å². The molecule has 0 saturated heterocycles. The topological polar surface area (TPSA) is 17.1 Å². The van der Waals surface area contributed by atoms with E-state index in [1.165, 1.54) is 24.8 Å². The zero-order valence-electron chi connectivity index (χ0n) is 10.5. The van der Waals surface area contributed by atoms with Crippen LogP contribution in [0, 0.1) is 17.3 Å². The summed E-state index contributed by atoms with van der Waals surface area (Å²) in [5.74, 6) is 1.65. The van der Waals surface area contributed by atoms with E-state index in [1.807, 2.05) is 6.92 Å². The van der Waals surface area contributed by atoms with E-state index in [-0.39, 0.29) is 0 Å². The van der Waals surface area contributed by atoms with Crippen LogP contribution in [0.5, 0.6) is 0 Å². The first-order valence-corrected chi connectivity index (χ1v) is 6.39. The molecule has 0 aromatic carbocycles. The van der Waals surface area contributed by atoms with Crippen LogP contribution in [0.4, 0.5) is 0 Å². The fraction of sp³-hybridized carbons (Fsp3) is 0.667. The second kappa shape index (κ2) is 4.20. The zero-order chi connectivity index (χ0) is 11.8. The number of hydrogen-bond acceptors (Lipinski definition) is 1. The Balaban J connectivity index is 1.99. The van der Waals surface area contributed by atoms with Gasteiger partial charge in [-0.05, 0) is 61.9 Å². The summed E-state index contributed by atoms with van der Waals surface area (Å²) < 4.78 is 0. The van der Waals surface area contributed by atoms with Crippen molar-refractivity contribution in [2.45, 2.75) is 46.0 Å². The van der Waals surface area contributed by atoms with Crippen molar-refractivity contribution in [3.63, 3.8) is 0 Å². The molecule has 1 heteroatoms. The molecule has 2 rings (SSSR count). The SMILES string of the molecule is C=C1[C@H]2CC[C@H](C2)[C@@]1(C)CC/C=C(\C)C=O. The standard InChI is InChI=1S/C15H22O/c1-11(10-16)5-4-8-15(3)12(2)13-6-7-14(15)9-13/h5,10,13-14H,2,4,6-9H2,1,3H3/b11-5+/t13-,14+,15-/m0/s1. The summed E-state index contributed by atoms with van der Waals surface area (Å²) in [6, 6.07) is 0. The fourth-order valence-corrected chi connectivity index (χ4v) is 3.62. The molecule has 0 heterocycles. The van der Waals surface area contributed by atoms with Crippen LogP contribution < -0.4 is 0 Å². The lowest BCUT2D eigenvalue weighted by atomic mass is 9.69. The maximum atomic E-state index is 10.5. The lowest BCUT2D eigenvalue weighted by Gasteiger charge is -2.36. The lowest BCUT2D eigenvalue weighted by molar-refractivity contribution is -0.104. The van der Waals surface area contributed by atoms with Gasteiger partial charge in [-0.1, -0.05) is 25.2 Å². The number of aldehydes is 1. The first-order chi connectivity index (χ1) is 7.58. The number of rotatable bonds is 4. The summed E-state index contributed by atoms with van der Waals surface area (Å²) >= 11 is 0. The molecular weight excluding hydrogens is 196 g/mol. The Morgan fingerprint density at radius 3 is 2.88 bits per heavy atom. The summed E-state index contributed by atoms with van der Waals surface area (Å²) in [7, 11) is 0. The monoisotopic (exact) mass is 218 g/mol. The molecule has 0 aliphatic heterocycles. The summed E-state index contributed by atoms with van der Waals surface area (Å²) in [4.78, 5) is 10.5. The molecule has 88 valence electrons. The lowest BCUT2D eigenvalue weighted by Crippen LogP contribution is -2.26. The van der Waals surface area contributed by atoms with Gasteiger partial charge >= 0.3 is 0 Å². The van der Waals surface area contributed by atoms with E-state index in [0.717, 1.165) is 36.5 Å². The number of fused-ring (bicyclic) bond motifs is 2. The second-order valence-corrected chi connectivity index (χ2v) is 5.75. The van der Waals surface area contributed by atoms with Crippen LogP contribution in [-0.4, -0.2) is 6.29 Å². The van der Waals surface area contributed by atoms with Crippen molar-refractivity contribution in [1.29, 1.82) is 0 Å². The molecule has 0 N–H and O–H groups in total. The number of carbonyl (C=O) groups is 1. The Hall–Kier alpha value is -0.850. The van der Waals surface area contributed by atoms with Crippen molar-refractivity contribution in [3.8, 4) is 0 Å². The average Bonchev–Trinajstić information content (AvgIpc) is 2.83. The van der Waals surface area contributed by atoms with E-state index >= 15 is 0 Å². The second-order valence-electron chi connectivity index (χ2n) is 5.75. The molecule has 2 fully saturated rings. The molecule has 0 amide bonds. The van der Waals surface area contributed by atoms with Gasteiger partial charge in [0.25, 0.3) is 0 Å². The molecule has 16 heavy (non-hydrogen) atoms. The highest BCUT2D eigenvalue weighted by Crippen LogP contribution is 2.60. The van der Waals surface area contributed by atoms with Gasteiger partial charge in [-0.3, -0.25) is 4.79 Å². The van der Waals surface area contributed by atoms with Crippen LogP contribution in [0.25, 0.3) is 0 Å². The van der Waals surface area contributed by atoms with Crippen LogP contribution in [0.15, 0.2) is 23.8 Å². The molecule has 2 bridgehead atoms. The van der Waals surface area contributed by atoms with Gasteiger partial charge in [0.1, 0.15) is 6.29 Å². The number of hydrogen-bond donors (Lipinski definition) is 0. The van der Waals surface area contributed by atoms with Gasteiger partial charge in [0.05, 0.1) is 0 Å². The van der Waals surface area contributed by atoms with E-state index < -0.39 is 0 Å². The van der Waals surface area contributed by atoms with Crippen molar-refractivity contribution in [2.24, 2.45) is 17.3 Å². The minimum Gasteiger partial charge on any atom is -0.298 e. The highest BCUT2D eigenvalue weighted by atomic mass is 16.1. The Morgan fingerprint density at radius 2 is 2.31 bits per heavy atom. The summed E-state index contributed by atoms with van der Waals surface area (Å²) in [5.41, 5.74) is 2.70. The van der Waals surface area contributed by atoms with Gasteiger partial charge in [-0.15, -0.1) is 0 Å². The third-order valence-corrected chi connectivity index (χ3v) is 4.88. The molecule has 2 aliphatic carbocycles. The number of allylic oxidation sites excluding steroid dienone is 3. The van der Waals surface area contributed by atoms with Gasteiger partial charge in [-0.25, -0.2) is 0 Å². The summed E-state index contributed by atoms with van der Waals surface area (Å²) in [6.45, 7) is 8.58. The van der Waals surface area contributed by atoms with Gasteiger partial charge in [0.2, 0.25) is 0 Å². The molecule has 0 aromatic rings. The molecular formula is C15H22O. The fourth-order valence-electron chi connectivity index (χ4n) is 3.62. The minimum absolute atomic E-state index is 0.350. The minimum atomic E-state index is 0.350. The van der Waals surface area contributed by atoms with E-state index in [2.05, 4.69) is 19.6 Å². The quantitative estimate of drug-likeness (QED) is 0.397. The van der Waals surface area contributed by atoms with Crippen molar-refractivity contribution in [1.82, 2.24) is 0 Å². The van der Waals surface area contributed by atoms with Crippen LogP contribution in [0.1, 0.15) is 46.0 Å². The van der Waals surface area contributed by atoms with Gasteiger partial charge < -0.3 is 0 Å². The average molecular weight is 218 g/mol. The molecule has 0 spiro atoms. The molecule has 3 atom stereocenters. The zero-order valence-corrected chi connectivity index (χ0v) is 10.5. The summed E-state index contributed by atoms with van der Waals surface area (Å²) in [6.07, 6.45) is 9.31. The van der Waals surface area contributed by atoms with Crippen LogP contribution in [0.3, 0.4) is 0 Å². The van der Waals surface area contributed by atoms with Crippen molar-refractivity contribution < 1.29 is 4.79 Å². The maximum Gasteiger partial charge on any atom is 0.145 e. The van der Waals surface area contributed by atoms with E-state index in [1.54, 1.807) is 0 Å².